The molecular formula is C12H13N5O2S. The van der Waals surface area contributed by atoms with E-state index in [4.69, 9.17) is 11.1 Å². The molecule has 0 fully saturated rings. The standard InChI is InChI=1S/C12H13N5O2S/c1-17-12(15-10(18)11(19)16-17)20-6-7-4-2-3-5-8(7)9(13)14/h2-5H,6H2,1H3,(H3,13,14)(H,16,19). The van der Waals surface area contributed by atoms with Gasteiger partial charge >= 0.3 is 11.1 Å². The van der Waals surface area contributed by atoms with Crippen molar-refractivity contribution in [3.63, 3.8) is 0 Å². The van der Waals surface area contributed by atoms with E-state index in [0.717, 1.165) is 5.56 Å². The molecule has 0 atom stereocenters. The molecule has 1 aromatic carbocycles. The summed E-state index contributed by atoms with van der Waals surface area (Å²) in [6, 6.07) is 7.27. The molecule has 0 aliphatic rings. The third-order valence-corrected chi connectivity index (χ3v) is 3.69. The topological polar surface area (TPSA) is 118 Å². The molecule has 0 bridgehead atoms. The highest BCUT2D eigenvalue weighted by Gasteiger charge is 2.08. The van der Waals surface area contributed by atoms with Crippen LogP contribution in [0.1, 0.15) is 11.1 Å². The smallest absolute Gasteiger partial charge is 0.339 e. The lowest BCUT2D eigenvalue weighted by atomic mass is 10.1. The number of hydrogen-bond acceptors (Lipinski definition) is 5. The average molecular weight is 291 g/mol. The predicted molar refractivity (Wildman–Crippen MR) is 77.1 cm³/mol. The monoisotopic (exact) mass is 291 g/mol. The van der Waals surface area contributed by atoms with Crippen molar-refractivity contribution in [2.75, 3.05) is 0 Å². The molecule has 0 amide bonds. The van der Waals surface area contributed by atoms with Crippen LogP contribution < -0.4 is 16.9 Å². The van der Waals surface area contributed by atoms with E-state index in [2.05, 4.69) is 10.1 Å². The summed E-state index contributed by atoms with van der Waals surface area (Å²) in [5.74, 6) is 0.478. The van der Waals surface area contributed by atoms with Gasteiger partial charge in [0.25, 0.3) is 0 Å². The van der Waals surface area contributed by atoms with Crippen molar-refractivity contribution in [3.05, 3.63) is 56.1 Å². The van der Waals surface area contributed by atoms with Gasteiger partial charge in [0.1, 0.15) is 5.84 Å². The third kappa shape index (κ3) is 2.97. The number of nitrogen functional groups attached to an aromatic ring is 1. The molecule has 1 aromatic heterocycles. The van der Waals surface area contributed by atoms with Crippen molar-refractivity contribution in [2.24, 2.45) is 12.8 Å². The molecule has 0 saturated carbocycles. The van der Waals surface area contributed by atoms with Crippen LogP contribution in [0.15, 0.2) is 39.0 Å². The molecule has 0 unspecified atom stereocenters. The van der Waals surface area contributed by atoms with Crippen LogP contribution in [0.4, 0.5) is 0 Å². The van der Waals surface area contributed by atoms with Crippen LogP contribution >= 0.6 is 11.8 Å². The van der Waals surface area contributed by atoms with Gasteiger partial charge in [-0.2, -0.15) is 4.98 Å². The number of amidine groups is 1. The summed E-state index contributed by atoms with van der Waals surface area (Å²) >= 11 is 1.28. The summed E-state index contributed by atoms with van der Waals surface area (Å²) < 4.78 is 1.39. The maximum atomic E-state index is 11.2. The average Bonchev–Trinajstić information content (AvgIpc) is 2.41. The summed E-state index contributed by atoms with van der Waals surface area (Å²) in [6.07, 6.45) is 0. The zero-order valence-corrected chi connectivity index (χ0v) is 11.5. The molecule has 0 aliphatic carbocycles. The second kappa shape index (κ2) is 5.74. The van der Waals surface area contributed by atoms with Crippen molar-refractivity contribution in [1.29, 1.82) is 5.41 Å². The summed E-state index contributed by atoms with van der Waals surface area (Å²) in [4.78, 5) is 26.1. The van der Waals surface area contributed by atoms with E-state index in [1.807, 2.05) is 12.1 Å². The first-order valence-electron chi connectivity index (χ1n) is 5.71. The number of aromatic nitrogens is 3. The molecule has 2 rings (SSSR count). The Morgan fingerprint density at radius 2 is 2.15 bits per heavy atom. The fourth-order valence-electron chi connectivity index (χ4n) is 1.64. The van der Waals surface area contributed by atoms with Crippen LogP contribution in [0.2, 0.25) is 0 Å². The first-order chi connectivity index (χ1) is 9.49. The molecule has 0 saturated heterocycles. The van der Waals surface area contributed by atoms with Gasteiger partial charge in [0.05, 0.1) is 0 Å². The summed E-state index contributed by atoms with van der Waals surface area (Å²) in [5, 5.41) is 10.3. The van der Waals surface area contributed by atoms with Gasteiger partial charge in [0, 0.05) is 18.4 Å². The Bertz CT molecular complexity index is 765. The molecule has 0 radical (unpaired) electrons. The zero-order valence-electron chi connectivity index (χ0n) is 10.7. The summed E-state index contributed by atoms with van der Waals surface area (Å²) in [6.45, 7) is 0. The quantitative estimate of drug-likeness (QED) is 0.318. The maximum Gasteiger partial charge on any atom is 0.339 e. The van der Waals surface area contributed by atoms with Crippen molar-refractivity contribution < 1.29 is 0 Å². The number of benzene rings is 1. The molecular weight excluding hydrogens is 278 g/mol. The Balaban J connectivity index is 2.26. The van der Waals surface area contributed by atoms with E-state index in [1.165, 1.54) is 16.4 Å². The molecule has 1 heterocycles. The van der Waals surface area contributed by atoms with Gasteiger partial charge < -0.3 is 5.73 Å². The molecule has 104 valence electrons. The van der Waals surface area contributed by atoms with Gasteiger partial charge in [0.15, 0.2) is 5.16 Å². The minimum absolute atomic E-state index is 0.00971. The van der Waals surface area contributed by atoms with Gasteiger partial charge in [-0.3, -0.25) is 24.8 Å². The van der Waals surface area contributed by atoms with Crippen molar-refractivity contribution >= 4 is 17.6 Å². The number of rotatable bonds is 4. The zero-order chi connectivity index (χ0) is 14.7. The largest absolute Gasteiger partial charge is 0.384 e. The van der Waals surface area contributed by atoms with Crippen LogP contribution in [0.25, 0.3) is 0 Å². The molecule has 20 heavy (non-hydrogen) atoms. The highest BCUT2D eigenvalue weighted by Crippen LogP contribution is 2.21. The van der Waals surface area contributed by atoms with E-state index in [-0.39, 0.29) is 5.84 Å². The van der Waals surface area contributed by atoms with E-state index in [9.17, 15) is 9.59 Å². The molecule has 2 aromatic rings. The molecule has 0 spiro atoms. The maximum absolute atomic E-state index is 11.2. The Hall–Kier alpha value is -2.35. The van der Waals surface area contributed by atoms with Crippen molar-refractivity contribution in [1.82, 2.24) is 14.8 Å². The minimum atomic E-state index is -0.814. The Kier molecular flexibility index (Phi) is 4.04. The lowest BCUT2D eigenvalue weighted by molar-refractivity contribution is 0.596. The van der Waals surface area contributed by atoms with Crippen LogP contribution in [-0.4, -0.2) is 20.6 Å². The highest BCUT2D eigenvalue weighted by atomic mass is 32.2. The number of aromatic amines is 1. The molecule has 4 N–H and O–H groups in total. The number of nitrogens with zero attached hydrogens (tertiary/aromatic N) is 2. The van der Waals surface area contributed by atoms with Gasteiger partial charge in [-0.05, 0) is 5.56 Å². The third-order valence-electron chi connectivity index (χ3n) is 2.61. The van der Waals surface area contributed by atoms with Gasteiger partial charge in [0.2, 0.25) is 0 Å². The number of thioether (sulfide) groups is 1. The lowest BCUT2D eigenvalue weighted by Gasteiger charge is -2.09. The lowest BCUT2D eigenvalue weighted by Crippen LogP contribution is -2.33. The summed E-state index contributed by atoms with van der Waals surface area (Å²) in [7, 11) is 1.60. The van der Waals surface area contributed by atoms with Crippen LogP contribution in [0.3, 0.4) is 0 Å². The van der Waals surface area contributed by atoms with Crippen molar-refractivity contribution in [2.45, 2.75) is 10.9 Å². The first-order valence-corrected chi connectivity index (χ1v) is 6.70. The second-order valence-corrected chi connectivity index (χ2v) is 5.00. The molecule has 8 heteroatoms. The Morgan fingerprint density at radius 3 is 2.85 bits per heavy atom. The highest BCUT2D eigenvalue weighted by molar-refractivity contribution is 7.98. The number of nitrogens with two attached hydrogens (primary N) is 1. The van der Waals surface area contributed by atoms with Crippen LogP contribution in [0, 0.1) is 5.41 Å². The van der Waals surface area contributed by atoms with Crippen molar-refractivity contribution in [3.8, 4) is 0 Å². The molecule has 7 nitrogen and oxygen atoms in total. The van der Waals surface area contributed by atoms with Gasteiger partial charge in [-0.15, -0.1) is 0 Å². The number of aryl methyl sites for hydroxylation is 1. The first kappa shape index (κ1) is 14.1. The predicted octanol–water partition coefficient (Wildman–Crippen LogP) is 0.0450. The van der Waals surface area contributed by atoms with E-state index < -0.39 is 11.1 Å². The van der Waals surface area contributed by atoms with E-state index >= 15 is 0 Å². The van der Waals surface area contributed by atoms with Gasteiger partial charge in [-0.25, -0.2) is 0 Å². The van der Waals surface area contributed by atoms with E-state index in [1.54, 1.807) is 19.2 Å². The van der Waals surface area contributed by atoms with Crippen LogP contribution in [-0.2, 0) is 12.8 Å². The fourth-order valence-corrected chi connectivity index (χ4v) is 2.56. The Morgan fingerprint density at radius 1 is 1.45 bits per heavy atom. The fraction of sp³-hybridized carbons (Fsp3) is 0.167. The number of H-pyrrole nitrogens is 1. The second-order valence-electron chi connectivity index (χ2n) is 4.06. The SMILES string of the molecule is Cn1[nH]c(=O)c(=O)nc1SCc1ccccc1C(=N)N. The van der Waals surface area contributed by atoms with Crippen LogP contribution in [0.5, 0.6) is 0 Å². The normalized spacial score (nSPS) is 10.4. The van der Waals surface area contributed by atoms with E-state index in [0.29, 0.717) is 16.5 Å². The Labute approximate surface area is 118 Å². The molecule has 0 aliphatic heterocycles. The number of nitrogens with one attached hydrogen (secondary N) is 2. The van der Waals surface area contributed by atoms with Gasteiger partial charge in [-0.1, -0.05) is 36.0 Å². The number of hydrogen-bond donors (Lipinski definition) is 3. The minimum Gasteiger partial charge on any atom is -0.384 e. The summed E-state index contributed by atoms with van der Waals surface area (Å²) in [5.41, 5.74) is 5.46.